The van der Waals surface area contributed by atoms with Crippen molar-refractivity contribution in [1.82, 2.24) is 19.7 Å². The first-order chi connectivity index (χ1) is 13.6. The Morgan fingerprint density at radius 2 is 2.04 bits per heavy atom. The largest absolute Gasteiger partial charge is 0.309 e. The summed E-state index contributed by atoms with van der Waals surface area (Å²) in [6.45, 7) is 1.85. The predicted octanol–water partition coefficient (Wildman–Crippen LogP) is 4.13. The molecule has 1 amide bonds. The first-order valence-corrected chi connectivity index (χ1v) is 10.6. The van der Waals surface area contributed by atoms with E-state index in [0.29, 0.717) is 11.6 Å². The number of benzene rings is 2. The molecule has 28 heavy (non-hydrogen) atoms. The number of carbonyl (C=O) groups excluding carboxylic acids is 1. The second-order valence-electron chi connectivity index (χ2n) is 6.36. The van der Waals surface area contributed by atoms with Gasteiger partial charge in [0.25, 0.3) is 0 Å². The highest BCUT2D eigenvalue weighted by molar-refractivity contribution is 8.00. The summed E-state index contributed by atoms with van der Waals surface area (Å²) in [5.41, 5.74) is 1.21. The topological polar surface area (TPSA) is 72.7 Å². The van der Waals surface area contributed by atoms with Gasteiger partial charge in [0.05, 0.1) is 5.25 Å². The molecule has 4 aromatic rings. The van der Waals surface area contributed by atoms with E-state index < -0.39 is 0 Å². The summed E-state index contributed by atoms with van der Waals surface area (Å²) in [5.74, 6) is 0.768. The summed E-state index contributed by atoms with van der Waals surface area (Å²) >= 11 is 2.79. The third-order valence-corrected chi connectivity index (χ3v) is 6.29. The summed E-state index contributed by atoms with van der Waals surface area (Å²) in [4.78, 5) is 16.4. The lowest BCUT2D eigenvalue weighted by molar-refractivity contribution is -0.115. The second-order valence-corrected chi connectivity index (χ2v) is 8.56. The van der Waals surface area contributed by atoms with E-state index in [1.807, 2.05) is 36.1 Å². The Balaban J connectivity index is 1.49. The fourth-order valence-electron chi connectivity index (χ4n) is 2.92. The molecule has 0 aliphatic heterocycles. The quantitative estimate of drug-likeness (QED) is 0.485. The average Bonchev–Trinajstić information content (AvgIpc) is 3.33. The van der Waals surface area contributed by atoms with Crippen LogP contribution in [0, 0.1) is 0 Å². The number of anilines is 1. The molecule has 4 rings (SSSR count). The molecule has 142 valence electrons. The molecule has 1 N–H and O–H groups in total. The Morgan fingerprint density at radius 3 is 2.86 bits per heavy atom. The normalized spacial score (nSPS) is 12.2. The van der Waals surface area contributed by atoms with Gasteiger partial charge in [-0.15, -0.1) is 21.5 Å². The summed E-state index contributed by atoms with van der Waals surface area (Å²) in [6.07, 6.45) is 2.35. The van der Waals surface area contributed by atoms with Crippen LogP contribution < -0.4 is 5.32 Å². The maximum Gasteiger partial charge on any atom is 0.239 e. The molecule has 0 radical (unpaired) electrons. The highest BCUT2D eigenvalue weighted by Gasteiger charge is 2.20. The summed E-state index contributed by atoms with van der Waals surface area (Å²) < 4.78 is 1.96. The highest BCUT2D eigenvalue weighted by Crippen LogP contribution is 2.25. The van der Waals surface area contributed by atoms with E-state index in [1.165, 1.54) is 39.4 Å². The highest BCUT2D eigenvalue weighted by atomic mass is 32.2. The number of thioether (sulfide) groups is 1. The number of fused-ring (bicyclic) bond motifs is 1. The van der Waals surface area contributed by atoms with Gasteiger partial charge in [-0.1, -0.05) is 54.2 Å². The minimum atomic E-state index is -0.308. The minimum absolute atomic E-state index is 0.0986. The Morgan fingerprint density at radius 1 is 1.21 bits per heavy atom. The molecule has 0 unspecified atom stereocenters. The van der Waals surface area contributed by atoms with Gasteiger partial charge in [-0.3, -0.25) is 4.79 Å². The third kappa shape index (κ3) is 3.93. The molecule has 2 heterocycles. The number of thiazole rings is 1. The molecule has 0 aliphatic carbocycles. The monoisotopic (exact) mass is 409 g/mol. The van der Waals surface area contributed by atoms with Crippen LogP contribution in [0.3, 0.4) is 0 Å². The zero-order valence-corrected chi connectivity index (χ0v) is 17.1. The van der Waals surface area contributed by atoms with Crippen LogP contribution in [-0.2, 0) is 18.3 Å². The van der Waals surface area contributed by atoms with Crippen LogP contribution in [0.4, 0.5) is 5.13 Å². The van der Waals surface area contributed by atoms with E-state index in [-0.39, 0.29) is 11.2 Å². The van der Waals surface area contributed by atoms with Gasteiger partial charge >= 0.3 is 0 Å². The molecule has 8 heteroatoms. The van der Waals surface area contributed by atoms with Crippen LogP contribution in [0.1, 0.15) is 18.3 Å². The van der Waals surface area contributed by atoms with Gasteiger partial charge in [0, 0.05) is 25.0 Å². The summed E-state index contributed by atoms with van der Waals surface area (Å²) in [6, 6.07) is 14.6. The summed E-state index contributed by atoms with van der Waals surface area (Å²) in [7, 11) is 1.94. The molecule has 0 aliphatic rings. The van der Waals surface area contributed by atoms with Crippen LogP contribution in [0.15, 0.2) is 59.2 Å². The molecule has 2 aromatic heterocycles. The Kier molecular flexibility index (Phi) is 5.40. The number of amides is 1. The van der Waals surface area contributed by atoms with E-state index in [4.69, 9.17) is 0 Å². The van der Waals surface area contributed by atoms with E-state index in [1.54, 1.807) is 6.20 Å². The Bertz CT molecular complexity index is 1100. The molecule has 6 nitrogen and oxygen atoms in total. The SMILES string of the molecule is C[C@H](Sc1nnc(Cc2cccc3ccccc23)n1C)C(=O)Nc1nccs1. The van der Waals surface area contributed by atoms with Crippen molar-refractivity contribution < 1.29 is 4.79 Å². The Labute approximate surface area is 171 Å². The molecule has 1 atom stereocenters. The lowest BCUT2D eigenvalue weighted by Crippen LogP contribution is -2.22. The number of carbonyl (C=O) groups is 1. The zero-order valence-electron chi connectivity index (χ0n) is 15.5. The van der Waals surface area contributed by atoms with Gasteiger partial charge in [0.1, 0.15) is 5.82 Å². The molecule has 0 saturated carbocycles. The molecule has 0 saturated heterocycles. The maximum atomic E-state index is 12.3. The van der Waals surface area contributed by atoms with Crippen LogP contribution >= 0.6 is 23.1 Å². The number of hydrogen-bond acceptors (Lipinski definition) is 6. The van der Waals surface area contributed by atoms with Crippen molar-refractivity contribution in [2.45, 2.75) is 23.8 Å². The van der Waals surface area contributed by atoms with Gasteiger partial charge in [-0.2, -0.15) is 0 Å². The Hall–Kier alpha value is -2.71. The van der Waals surface area contributed by atoms with E-state index in [9.17, 15) is 4.79 Å². The van der Waals surface area contributed by atoms with Gasteiger partial charge in [0.2, 0.25) is 5.91 Å². The van der Waals surface area contributed by atoms with Crippen LogP contribution in [0.2, 0.25) is 0 Å². The molecular weight excluding hydrogens is 390 g/mol. The van der Waals surface area contributed by atoms with Crippen molar-refractivity contribution in [2.24, 2.45) is 7.05 Å². The standard InChI is InChI=1S/C20H19N5OS2/c1-13(18(26)22-19-21-10-11-27-19)28-20-24-23-17(25(20)2)12-15-8-5-7-14-6-3-4-9-16(14)15/h3-11,13H,12H2,1-2H3,(H,21,22,26)/t13-/m0/s1. The van der Waals surface area contributed by atoms with E-state index in [2.05, 4.69) is 50.8 Å². The minimum Gasteiger partial charge on any atom is -0.309 e. The third-order valence-electron chi connectivity index (χ3n) is 4.47. The molecule has 0 bridgehead atoms. The number of rotatable bonds is 6. The molecule has 0 fully saturated rings. The van der Waals surface area contributed by atoms with Crippen molar-refractivity contribution in [2.75, 3.05) is 5.32 Å². The number of hydrogen-bond donors (Lipinski definition) is 1. The summed E-state index contributed by atoms with van der Waals surface area (Å²) in [5, 5.41) is 16.7. The molecule has 2 aromatic carbocycles. The van der Waals surface area contributed by atoms with Crippen molar-refractivity contribution in [3.63, 3.8) is 0 Å². The fraction of sp³-hybridized carbons (Fsp3) is 0.200. The lowest BCUT2D eigenvalue weighted by atomic mass is 10.0. The average molecular weight is 410 g/mol. The van der Waals surface area contributed by atoms with Gasteiger partial charge in [-0.05, 0) is 23.3 Å². The second kappa shape index (κ2) is 8.12. The first kappa shape index (κ1) is 18.6. The first-order valence-electron chi connectivity index (χ1n) is 8.84. The number of nitrogens with zero attached hydrogens (tertiary/aromatic N) is 4. The van der Waals surface area contributed by atoms with Crippen molar-refractivity contribution in [3.8, 4) is 0 Å². The fourth-order valence-corrected chi connectivity index (χ4v) is 4.29. The lowest BCUT2D eigenvalue weighted by Gasteiger charge is -2.10. The zero-order chi connectivity index (χ0) is 19.5. The maximum absolute atomic E-state index is 12.3. The van der Waals surface area contributed by atoms with Crippen LogP contribution in [-0.4, -0.2) is 30.9 Å². The van der Waals surface area contributed by atoms with Crippen LogP contribution in [0.5, 0.6) is 0 Å². The smallest absolute Gasteiger partial charge is 0.239 e. The molecular formula is C20H19N5OS2. The van der Waals surface area contributed by atoms with Crippen molar-refractivity contribution >= 4 is 44.9 Å². The van der Waals surface area contributed by atoms with Gasteiger partial charge < -0.3 is 9.88 Å². The number of aromatic nitrogens is 4. The van der Waals surface area contributed by atoms with Crippen LogP contribution in [0.25, 0.3) is 10.8 Å². The van der Waals surface area contributed by atoms with Crippen molar-refractivity contribution in [1.29, 1.82) is 0 Å². The van der Waals surface area contributed by atoms with Gasteiger partial charge in [-0.25, -0.2) is 4.98 Å². The van der Waals surface area contributed by atoms with Crippen molar-refractivity contribution in [3.05, 3.63) is 65.4 Å². The molecule has 0 spiro atoms. The van der Waals surface area contributed by atoms with Gasteiger partial charge in [0.15, 0.2) is 10.3 Å². The van der Waals surface area contributed by atoms with E-state index in [0.717, 1.165) is 11.0 Å². The predicted molar refractivity (Wildman–Crippen MR) is 114 cm³/mol. The van der Waals surface area contributed by atoms with E-state index >= 15 is 0 Å². The number of nitrogens with one attached hydrogen (secondary N) is 1.